The molecule has 1 N–H and O–H groups in total. The van der Waals surface area contributed by atoms with Gasteiger partial charge in [0.1, 0.15) is 5.69 Å². The summed E-state index contributed by atoms with van der Waals surface area (Å²) < 4.78 is 1.69. The molecular formula is C23H20N4O. The summed E-state index contributed by atoms with van der Waals surface area (Å²) in [4.78, 5) is 17.2. The van der Waals surface area contributed by atoms with E-state index in [0.717, 1.165) is 22.5 Å². The first-order valence-electron chi connectivity index (χ1n) is 9.14. The van der Waals surface area contributed by atoms with Crippen molar-refractivity contribution in [1.29, 1.82) is 0 Å². The first kappa shape index (κ1) is 17.7. The van der Waals surface area contributed by atoms with Crippen LogP contribution in [0.4, 0.5) is 0 Å². The van der Waals surface area contributed by atoms with Gasteiger partial charge in [-0.2, -0.15) is 5.10 Å². The van der Waals surface area contributed by atoms with Gasteiger partial charge in [-0.1, -0.05) is 54.6 Å². The zero-order valence-corrected chi connectivity index (χ0v) is 15.5. The number of amides is 1. The van der Waals surface area contributed by atoms with E-state index in [0.29, 0.717) is 5.69 Å². The van der Waals surface area contributed by atoms with E-state index in [1.807, 2.05) is 85.8 Å². The molecule has 4 rings (SSSR count). The van der Waals surface area contributed by atoms with Crippen LogP contribution in [0.1, 0.15) is 29.0 Å². The highest BCUT2D eigenvalue weighted by Gasteiger charge is 2.19. The van der Waals surface area contributed by atoms with Gasteiger partial charge >= 0.3 is 0 Å². The van der Waals surface area contributed by atoms with Gasteiger partial charge in [0, 0.05) is 18.0 Å². The zero-order chi connectivity index (χ0) is 19.3. The van der Waals surface area contributed by atoms with Gasteiger partial charge in [0.2, 0.25) is 0 Å². The Kier molecular flexibility index (Phi) is 4.97. The number of benzene rings is 2. The largest absolute Gasteiger partial charge is 0.344 e. The summed E-state index contributed by atoms with van der Waals surface area (Å²) in [5.41, 5.74) is 3.99. The van der Waals surface area contributed by atoms with E-state index in [1.165, 1.54) is 0 Å². The third-order valence-corrected chi connectivity index (χ3v) is 4.54. The van der Waals surface area contributed by atoms with E-state index in [2.05, 4.69) is 10.3 Å². The van der Waals surface area contributed by atoms with Crippen LogP contribution in [-0.2, 0) is 0 Å². The topological polar surface area (TPSA) is 59.8 Å². The number of nitrogens with zero attached hydrogens (tertiary/aromatic N) is 3. The summed E-state index contributed by atoms with van der Waals surface area (Å²) in [5, 5.41) is 7.74. The number of pyridine rings is 1. The molecule has 0 radical (unpaired) electrons. The second kappa shape index (κ2) is 7.88. The van der Waals surface area contributed by atoms with Gasteiger partial charge in [0.25, 0.3) is 5.91 Å². The van der Waals surface area contributed by atoms with Crippen LogP contribution < -0.4 is 5.32 Å². The van der Waals surface area contributed by atoms with E-state index in [-0.39, 0.29) is 11.9 Å². The smallest absolute Gasteiger partial charge is 0.270 e. The summed E-state index contributed by atoms with van der Waals surface area (Å²) in [6.45, 7) is 1.94. The molecule has 0 aliphatic heterocycles. The average Bonchev–Trinajstić information content (AvgIpc) is 3.21. The fraction of sp³-hybridized carbons (Fsp3) is 0.0870. The van der Waals surface area contributed by atoms with Gasteiger partial charge in [-0.05, 0) is 36.8 Å². The van der Waals surface area contributed by atoms with Crippen molar-refractivity contribution in [3.8, 4) is 16.9 Å². The predicted octanol–water partition coefficient (Wildman–Crippen LogP) is 4.43. The third-order valence-electron chi connectivity index (χ3n) is 4.54. The van der Waals surface area contributed by atoms with Crippen LogP contribution in [0.2, 0.25) is 0 Å². The van der Waals surface area contributed by atoms with Crippen LogP contribution >= 0.6 is 0 Å². The van der Waals surface area contributed by atoms with Crippen molar-refractivity contribution in [2.45, 2.75) is 13.0 Å². The lowest BCUT2D eigenvalue weighted by molar-refractivity contribution is 0.0932. The van der Waals surface area contributed by atoms with Crippen LogP contribution in [0.3, 0.4) is 0 Å². The number of rotatable bonds is 5. The maximum atomic E-state index is 13.1. The normalized spacial score (nSPS) is 11.8. The molecule has 0 bridgehead atoms. The molecule has 1 amide bonds. The summed E-state index contributed by atoms with van der Waals surface area (Å²) >= 11 is 0. The Bertz CT molecular complexity index is 1060. The minimum absolute atomic E-state index is 0.166. The lowest BCUT2D eigenvalue weighted by Gasteiger charge is -2.14. The van der Waals surface area contributed by atoms with Crippen molar-refractivity contribution < 1.29 is 4.79 Å². The van der Waals surface area contributed by atoms with Gasteiger partial charge in [-0.15, -0.1) is 0 Å². The van der Waals surface area contributed by atoms with Crippen LogP contribution in [0.25, 0.3) is 16.9 Å². The number of carbonyl (C=O) groups excluding carboxylic acids is 1. The molecule has 0 saturated carbocycles. The second-order valence-electron chi connectivity index (χ2n) is 6.51. The van der Waals surface area contributed by atoms with Crippen LogP contribution in [0, 0.1) is 0 Å². The summed E-state index contributed by atoms with van der Waals surface area (Å²) in [6, 6.07) is 25.0. The van der Waals surface area contributed by atoms with Crippen LogP contribution in [-0.4, -0.2) is 20.7 Å². The molecule has 0 spiro atoms. The van der Waals surface area contributed by atoms with Crippen molar-refractivity contribution in [3.63, 3.8) is 0 Å². The lowest BCUT2D eigenvalue weighted by Crippen LogP contribution is -2.28. The quantitative estimate of drug-likeness (QED) is 0.567. The second-order valence-corrected chi connectivity index (χ2v) is 6.51. The number of aromatic nitrogens is 3. The molecule has 5 heteroatoms. The molecule has 28 heavy (non-hydrogen) atoms. The average molecular weight is 368 g/mol. The highest BCUT2D eigenvalue weighted by molar-refractivity contribution is 5.94. The monoisotopic (exact) mass is 368 g/mol. The van der Waals surface area contributed by atoms with E-state index >= 15 is 0 Å². The number of hydrogen-bond acceptors (Lipinski definition) is 3. The predicted molar refractivity (Wildman–Crippen MR) is 109 cm³/mol. The van der Waals surface area contributed by atoms with Crippen molar-refractivity contribution in [2.24, 2.45) is 0 Å². The molecule has 1 atom stereocenters. The van der Waals surface area contributed by atoms with Crippen molar-refractivity contribution in [2.75, 3.05) is 0 Å². The molecule has 0 aliphatic rings. The Morgan fingerprint density at radius 2 is 1.68 bits per heavy atom. The molecular weight excluding hydrogens is 348 g/mol. The first-order chi connectivity index (χ1) is 13.7. The molecule has 2 aromatic heterocycles. The molecule has 0 unspecified atom stereocenters. The molecule has 0 saturated heterocycles. The molecule has 2 heterocycles. The minimum Gasteiger partial charge on any atom is -0.344 e. The van der Waals surface area contributed by atoms with Gasteiger partial charge in [0.15, 0.2) is 0 Å². The van der Waals surface area contributed by atoms with Crippen LogP contribution in [0.15, 0.2) is 91.3 Å². The Balaban J connectivity index is 1.70. The number of hydrogen-bond donors (Lipinski definition) is 1. The Hall–Kier alpha value is -3.73. The fourth-order valence-electron chi connectivity index (χ4n) is 3.04. The van der Waals surface area contributed by atoms with Crippen molar-refractivity contribution in [1.82, 2.24) is 20.1 Å². The van der Waals surface area contributed by atoms with Crippen LogP contribution in [0.5, 0.6) is 0 Å². The SMILES string of the molecule is C[C@H](NC(=O)c1cc(-c2ccccc2)nn1-c1ccccc1)c1cccnc1. The Morgan fingerprint density at radius 3 is 2.36 bits per heavy atom. The third kappa shape index (κ3) is 3.69. The molecule has 5 nitrogen and oxygen atoms in total. The highest BCUT2D eigenvalue weighted by Crippen LogP contribution is 2.22. The highest BCUT2D eigenvalue weighted by atomic mass is 16.2. The maximum absolute atomic E-state index is 13.1. The standard InChI is InChI=1S/C23H20N4O/c1-17(19-11-8-14-24-16-19)25-23(28)22-15-21(18-9-4-2-5-10-18)26-27(22)20-12-6-3-7-13-20/h2-17H,1H3,(H,25,28)/t17-/m0/s1. The van der Waals surface area contributed by atoms with Crippen molar-refractivity contribution in [3.05, 3.63) is 103 Å². The number of nitrogens with one attached hydrogen (secondary N) is 1. The number of carbonyl (C=O) groups is 1. The molecule has 4 aromatic rings. The van der Waals surface area contributed by atoms with E-state index < -0.39 is 0 Å². The lowest BCUT2D eigenvalue weighted by atomic mass is 10.1. The number of para-hydroxylation sites is 1. The van der Waals surface area contributed by atoms with Gasteiger partial charge in [0.05, 0.1) is 17.4 Å². The van der Waals surface area contributed by atoms with Crippen molar-refractivity contribution >= 4 is 5.91 Å². The van der Waals surface area contributed by atoms with Gasteiger partial charge in [-0.25, -0.2) is 4.68 Å². The van der Waals surface area contributed by atoms with E-state index in [9.17, 15) is 4.79 Å². The molecule has 0 fully saturated rings. The van der Waals surface area contributed by atoms with Gasteiger partial charge < -0.3 is 5.32 Å². The molecule has 2 aromatic carbocycles. The minimum atomic E-state index is -0.185. The van der Waals surface area contributed by atoms with Gasteiger partial charge in [-0.3, -0.25) is 9.78 Å². The summed E-state index contributed by atoms with van der Waals surface area (Å²) in [5.74, 6) is -0.185. The summed E-state index contributed by atoms with van der Waals surface area (Å²) in [7, 11) is 0. The summed E-state index contributed by atoms with van der Waals surface area (Å²) in [6.07, 6.45) is 3.48. The first-order valence-corrected chi connectivity index (χ1v) is 9.14. The Morgan fingerprint density at radius 1 is 0.964 bits per heavy atom. The van der Waals surface area contributed by atoms with E-state index in [1.54, 1.807) is 17.1 Å². The fourth-order valence-corrected chi connectivity index (χ4v) is 3.04. The van der Waals surface area contributed by atoms with E-state index in [4.69, 9.17) is 5.10 Å². The molecule has 0 aliphatic carbocycles. The maximum Gasteiger partial charge on any atom is 0.270 e. The zero-order valence-electron chi connectivity index (χ0n) is 15.5. The Labute approximate surface area is 163 Å². The molecule has 138 valence electrons.